The number of hydrogen-bond acceptors (Lipinski definition) is 5. The summed E-state index contributed by atoms with van der Waals surface area (Å²) in [6, 6.07) is 12.7. The summed E-state index contributed by atoms with van der Waals surface area (Å²) in [5.74, 6) is -0.351. The number of nitrogens with zero attached hydrogens (tertiary/aromatic N) is 3. The largest absolute Gasteiger partial charge is 0.395 e. The Kier molecular flexibility index (Phi) is 5.62. The fraction of sp³-hybridized carbons (Fsp3) is 0.188. The summed E-state index contributed by atoms with van der Waals surface area (Å²) in [5, 5.41) is 12.8. The number of aliphatic hydroxyl groups is 1. The van der Waals surface area contributed by atoms with Gasteiger partial charge in [0.05, 0.1) is 12.8 Å². The van der Waals surface area contributed by atoms with E-state index < -0.39 is 0 Å². The van der Waals surface area contributed by atoms with Crippen molar-refractivity contribution >= 4 is 17.8 Å². The van der Waals surface area contributed by atoms with Crippen molar-refractivity contribution in [2.75, 3.05) is 25.1 Å². The number of amides is 1. The molecule has 22 heavy (non-hydrogen) atoms. The van der Waals surface area contributed by atoms with Gasteiger partial charge in [0.25, 0.3) is 5.91 Å². The molecule has 0 aliphatic carbocycles. The quantitative estimate of drug-likeness (QED) is 0.622. The summed E-state index contributed by atoms with van der Waals surface area (Å²) in [4.78, 5) is 17.6. The van der Waals surface area contributed by atoms with Crippen molar-refractivity contribution in [2.24, 2.45) is 5.10 Å². The Hall–Kier alpha value is -2.73. The molecule has 1 heterocycles. The van der Waals surface area contributed by atoms with Crippen molar-refractivity contribution in [2.45, 2.75) is 0 Å². The minimum absolute atomic E-state index is 0.110. The first-order chi connectivity index (χ1) is 10.7. The number of hydrazone groups is 1. The topological polar surface area (TPSA) is 77.8 Å². The van der Waals surface area contributed by atoms with Crippen LogP contribution in [0.25, 0.3) is 0 Å². The maximum atomic E-state index is 11.7. The maximum absolute atomic E-state index is 11.7. The number of anilines is 1. The fourth-order valence-corrected chi connectivity index (χ4v) is 1.81. The second kappa shape index (κ2) is 7.90. The van der Waals surface area contributed by atoms with Crippen LogP contribution >= 0.6 is 0 Å². The molecular weight excluding hydrogens is 280 g/mol. The number of hydrogen-bond donors (Lipinski definition) is 2. The Morgan fingerprint density at radius 2 is 2.09 bits per heavy atom. The monoisotopic (exact) mass is 298 g/mol. The van der Waals surface area contributed by atoms with Crippen LogP contribution in [0.3, 0.4) is 0 Å². The van der Waals surface area contributed by atoms with E-state index in [-0.39, 0.29) is 12.5 Å². The number of pyridine rings is 1. The number of carbonyl (C=O) groups is 1. The van der Waals surface area contributed by atoms with Crippen molar-refractivity contribution < 1.29 is 9.90 Å². The first-order valence-electron chi connectivity index (χ1n) is 6.87. The van der Waals surface area contributed by atoms with Gasteiger partial charge in [0.15, 0.2) is 0 Å². The van der Waals surface area contributed by atoms with Crippen LogP contribution in [0.4, 0.5) is 5.69 Å². The second-order valence-corrected chi connectivity index (χ2v) is 4.65. The summed E-state index contributed by atoms with van der Waals surface area (Å²) in [6.07, 6.45) is 3.12. The van der Waals surface area contributed by atoms with Crippen LogP contribution in [0.1, 0.15) is 16.1 Å². The Balaban J connectivity index is 1.92. The van der Waals surface area contributed by atoms with Crippen molar-refractivity contribution in [3.8, 4) is 0 Å². The van der Waals surface area contributed by atoms with Crippen molar-refractivity contribution in [3.63, 3.8) is 0 Å². The van der Waals surface area contributed by atoms with Gasteiger partial charge in [-0.25, -0.2) is 5.43 Å². The van der Waals surface area contributed by atoms with E-state index in [0.717, 1.165) is 11.3 Å². The first-order valence-corrected chi connectivity index (χ1v) is 6.87. The van der Waals surface area contributed by atoms with Gasteiger partial charge in [-0.1, -0.05) is 18.2 Å². The van der Waals surface area contributed by atoms with E-state index in [0.29, 0.717) is 12.2 Å². The molecule has 0 saturated heterocycles. The van der Waals surface area contributed by atoms with Gasteiger partial charge < -0.3 is 10.0 Å². The van der Waals surface area contributed by atoms with E-state index in [1.807, 2.05) is 36.2 Å². The Bertz CT molecular complexity index is 626. The number of aromatic nitrogens is 1. The minimum atomic E-state index is -0.351. The van der Waals surface area contributed by atoms with E-state index in [9.17, 15) is 4.79 Å². The van der Waals surface area contributed by atoms with E-state index >= 15 is 0 Å². The van der Waals surface area contributed by atoms with Gasteiger partial charge in [0, 0.05) is 25.5 Å². The normalized spacial score (nSPS) is 10.6. The Morgan fingerprint density at radius 1 is 1.32 bits per heavy atom. The third-order valence-electron chi connectivity index (χ3n) is 3.05. The number of rotatable bonds is 6. The van der Waals surface area contributed by atoms with E-state index in [1.165, 1.54) is 0 Å². The van der Waals surface area contributed by atoms with E-state index in [2.05, 4.69) is 15.5 Å². The standard InChI is InChI=1S/C16H18N4O2/c1-20(10-11-21)14-7-5-13(6-8-14)12-18-19-16(22)15-4-2-3-9-17-15/h2-9,12,21H,10-11H2,1H3,(H,19,22)/b18-12+. The van der Waals surface area contributed by atoms with Crippen LogP contribution in [0, 0.1) is 0 Å². The summed E-state index contributed by atoms with van der Waals surface area (Å²) in [6.45, 7) is 0.687. The highest BCUT2D eigenvalue weighted by atomic mass is 16.3. The van der Waals surface area contributed by atoms with Gasteiger partial charge in [-0.05, 0) is 29.8 Å². The zero-order chi connectivity index (χ0) is 15.8. The van der Waals surface area contributed by atoms with Crippen LogP contribution in [0.2, 0.25) is 0 Å². The van der Waals surface area contributed by atoms with Crippen LogP contribution in [-0.2, 0) is 0 Å². The number of carbonyl (C=O) groups excluding carboxylic acids is 1. The molecule has 114 valence electrons. The molecule has 0 fully saturated rings. The SMILES string of the molecule is CN(CCO)c1ccc(/C=N/NC(=O)c2ccccn2)cc1. The molecule has 0 unspecified atom stereocenters. The molecule has 0 bridgehead atoms. The highest BCUT2D eigenvalue weighted by molar-refractivity contribution is 5.93. The lowest BCUT2D eigenvalue weighted by molar-refractivity contribution is 0.0950. The molecule has 0 atom stereocenters. The fourth-order valence-electron chi connectivity index (χ4n) is 1.81. The van der Waals surface area contributed by atoms with E-state index in [1.54, 1.807) is 30.6 Å². The van der Waals surface area contributed by atoms with Crippen molar-refractivity contribution in [1.29, 1.82) is 0 Å². The predicted octanol–water partition coefficient (Wildman–Crippen LogP) is 1.27. The molecule has 1 aromatic heterocycles. The average Bonchev–Trinajstić information content (AvgIpc) is 2.56. The third-order valence-corrected chi connectivity index (χ3v) is 3.05. The van der Waals surface area contributed by atoms with Crippen molar-refractivity contribution in [3.05, 3.63) is 59.9 Å². The smallest absolute Gasteiger partial charge is 0.289 e. The molecule has 0 aliphatic heterocycles. The molecule has 6 nitrogen and oxygen atoms in total. The van der Waals surface area contributed by atoms with Gasteiger partial charge in [-0.15, -0.1) is 0 Å². The summed E-state index contributed by atoms with van der Waals surface area (Å²) in [7, 11) is 1.91. The maximum Gasteiger partial charge on any atom is 0.289 e. The number of aliphatic hydroxyl groups excluding tert-OH is 1. The van der Waals surface area contributed by atoms with Gasteiger partial charge in [0.1, 0.15) is 5.69 Å². The Morgan fingerprint density at radius 3 is 2.73 bits per heavy atom. The lowest BCUT2D eigenvalue weighted by atomic mass is 10.2. The molecule has 1 aromatic carbocycles. The summed E-state index contributed by atoms with van der Waals surface area (Å²) < 4.78 is 0. The second-order valence-electron chi connectivity index (χ2n) is 4.65. The minimum Gasteiger partial charge on any atom is -0.395 e. The lowest BCUT2D eigenvalue weighted by Gasteiger charge is -2.17. The van der Waals surface area contributed by atoms with Crippen LogP contribution in [0.5, 0.6) is 0 Å². The molecule has 0 aliphatic rings. The zero-order valence-corrected chi connectivity index (χ0v) is 12.3. The molecule has 0 radical (unpaired) electrons. The van der Waals surface area contributed by atoms with Gasteiger partial charge in [0.2, 0.25) is 0 Å². The molecule has 0 saturated carbocycles. The summed E-state index contributed by atoms with van der Waals surface area (Å²) >= 11 is 0. The van der Waals surface area contributed by atoms with E-state index in [4.69, 9.17) is 5.11 Å². The van der Waals surface area contributed by atoms with Crippen LogP contribution < -0.4 is 10.3 Å². The molecule has 1 amide bonds. The van der Waals surface area contributed by atoms with Crippen LogP contribution in [-0.4, -0.2) is 42.4 Å². The van der Waals surface area contributed by atoms with Gasteiger partial charge in [-0.2, -0.15) is 5.10 Å². The highest BCUT2D eigenvalue weighted by Crippen LogP contribution is 2.12. The third kappa shape index (κ3) is 4.39. The average molecular weight is 298 g/mol. The molecule has 2 rings (SSSR count). The molecule has 2 N–H and O–H groups in total. The first kappa shape index (κ1) is 15.7. The molecular formula is C16H18N4O2. The predicted molar refractivity (Wildman–Crippen MR) is 86.1 cm³/mol. The number of nitrogens with one attached hydrogen (secondary N) is 1. The van der Waals surface area contributed by atoms with Crippen molar-refractivity contribution in [1.82, 2.24) is 10.4 Å². The summed E-state index contributed by atoms with van der Waals surface area (Å²) in [5.41, 5.74) is 4.62. The molecule has 2 aromatic rings. The Labute approximate surface area is 129 Å². The van der Waals surface area contributed by atoms with Crippen LogP contribution in [0.15, 0.2) is 53.8 Å². The molecule has 6 heteroatoms. The lowest BCUT2D eigenvalue weighted by Crippen LogP contribution is -2.21. The molecule has 0 spiro atoms. The zero-order valence-electron chi connectivity index (χ0n) is 12.3. The highest BCUT2D eigenvalue weighted by Gasteiger charge is 2.03. The number of benzene rings is 1. The number of likely N-dealkylation sites (N-methyl/N-ethyl adjacent to an activating group) is 1. The van der Waals surface area contributed by atoms with Gasteiger partial charge >= 0.3 is 0 Å². The van der Waals surface area contributed by atoms with Gasteiger partial charge in [-0.3, -0.25) is 9.78 Å².